The van der Waals surface area contributed by atoms with Crippen LogP contribution in [0.4, 0.5) is 0 Å². The fourth-order valence-electron chi connectivity index (χ4n) is 4.63. The molecule has 1 aliphatic heterocycles. The maximum absolute atomic E-state index is 2.99. The van der Waals surface area contributed by atoms with Crippen molar-refractivity contribution in [3.63, 3.8) is 0 Å². The number of fused-ring (bicyclic) bond motifs is 3. The second kappa shape index (κ2) is 15.9. The summed E-state index contributed by atoms with van der Waals surface area (Å²) < 4.78 is 0. The molecular formula is C33H44Cl2SiZr-2. The van der Waals surface area contributed by atoms with Crippen LogP contribution in [0.2, 0.25) is 12.1 Å². The summed E-state index contributed by atoms with van der Waals surface area (Å²) in [5.41, 5.74) is 3.45. The van der Waals surface area contributed by atoms with E-state index in [1.807, 2.05) is 35.5 Å². The van der Waals surface area contributed by atoms with Crippen LogP contribution in [0.3, 0.4) is 0 Å². The third-order valence-electron chi connectivity index (χ3n) is 6.98. The molecule has 0 radical (unpaired) electrons. The molecule has 3 aromatic carbocycles. The molecule has 0 saturated carbocycles. The Morgan fingerprint density at radius 2 is 1.19 bits per heavy atom. The van der Waals surface area contributed by atoms with Gasteiger partial charge in [0.05, 0.1) is 0 Å². The molecule has 4 heteroatoms. The molecule has 2 aliphatic rings. The van der Waals surface area contributed by atoms with E-state index >= 15 is 0 Å². The topological polar surface area (TPSA) is 0 Å². The fourth-order valence-corrected chi connectivity index (χ4v) is 8.84. The average molecular weight is 631 g/mol. The number of hydrogen-bond acceptors (Lipinski definition) is 0. The molecule has 0 amide bonds. The van der Waals surface area contributed by atoms with E-state index in [-0.39, 0.29) is 41.1 Å². The Balaban J connectivity index is 0.000000354. The summed E-state index contributed by atoms with van der Waals surface area (Å²) in [6.07, 6.45) is 17.7. The molecule has 37 heavy (non-hydrogen) atoms. The van der Waals surface area contributed by atoms with Crippen LogP contribution in [-0.4, -0.2) is 5.43 Å². The zero-order valence-electron chi connectivity index (χ0n) is 23.7. The maximum atomic E-state index is 2.99. The molecule has 0 nitrogen and oxygen atoms in total. The minimum absolute atomic E-state index is 0. The zero-order chi connectivity index (χ0) is 25.5. The summed E-state index contributed by atoms with van der Waals surface area (Å²) in [7, 11) is 0. The van der Waals surface area contributed by atoms with Crippen LogP contribution in [0.5, 0.6) is 0 Å². The van der Waals surface area contributed by atoms with Crippen LogP contribution in [0.25, 0.3) is 21.5 Å². The first-order chi connectivity index (χ1) is 16.6. The molecule has 1 saturated heterocycles. The molecule has 1 heterocycles. The van der Waals surface area contributed by atoms with Gasteiger partial charge in [-0.05, 0) is 10.8 Å². The normalized spacial score (nSPS) is 15.5. The van der Waals surface area contributed by atoms with Gasteiger partial charge < -0.3 is 24.8 Å². The van der Waals surface area contributed by atoms with E-state index < -0.39 is 0 Å². The first-order valence-corrected chi connectivity index (χ1v) is 19.1. The van der Waals surface area contributed by atoms with Crippen molar-refractivity contribution in [2.75, 3.05) is 0 Å². The monoisotopic (exact) mass is 628 g/mol. The van der Waals surface area contributed by atoms with Gasteiger partial charge in [-0.3, -0.25) is 6.08 Å². The molecule has 0 atom stereocenters. The van der Waals surface area contributed by atoms with Crippen LogP contribution in [-0.2, 0) is 34.2 Å². The number of benzene rings is 2. The van der Waals surface area contributed by atoms with Crippen LogP contribution >= 0.6 is 0 Å². The van der Waals surface area contributed by atoms with Crippen LogP contribution in [0, 0.1) is 6.08 Å². The van der Waals surface area contributed by atoms with Gasteiger partial charge in [-0.25, -0.2) is 12.2 Å². The molecular weight excluding hydrogens is 587 g/mol. The van der Waals surface area contributed by atoms with Crippen molar-refractivity contribution in [1.82, 2.24) is 0 Å². The molecule has 5 rings (SSSR count). The number of hydrogen-bond donors (Lipinski definition) is 0. The molecule has 200 valence electrons. The van der Waals surface area contributed by atoms with Gasteiger partial charge >= 0.3 is 73.0 Å². The zero-order valence-corrected chi connectivity index (χ0v) is 28.7. The molecule has 3 aromatic rings. The van der Waals surface area contributed by atoms with E-state index in [0.29, 0.717) is 0 Å². The summed E-state index contributed by atoms with van der Waals surface area (Å²) in [5, 5.41) is 5.48. The van der Waals surface area contributed by atoms with Crippen molar-refractivity contribution in [2.45, 2.75) is 103 Å². The fraction of sp³-hybridized carbons (Fsp3) is 0.485. The Bertz CT molecular complexity index is 1100. The van der Waals surface area contributed by atoms with Crippen LogP contribution < -0.4 is 24.8 Å². The van der Waals surface area contributed by atoms with Crippen molar-refractivity contribution >= 4 is 27.0 Å². The van der Waals surface area contributed by atoms with Gasteiger partial charge in [0.25, 0.3) is 0 Å². The molecule has 0 bridgehead atoms. The number of rotatable bonds is 0. The van der Waals surface area contributed by atoms with Gasteiger partial charge in [0.15, 0.2) is 0 Å². The van der Waals surface area contributed by atoms with Gasteiger partial charge in [0.2, 0.25) is 0 Å². The Morgan fingerprint density at radius 1 is 0.730 bits per heavy atom. The van der Waals surface area contributed by atoms with Crippen molar-refractivity contribution in [1.29, 1.82) is 0 Å². The average Bonchev–Trinajstić information content (AvgIpc) is 3.46. The van der Waals surface area contributed by atoms with Crippen molar-refractivity contribution in [2.24, 2.45) is 0 Å². The van der Waals surface area contributed by atoms with Crippen molar-refractivity contribution < 1.29 is 48.1 Å². The van der Waals surface area contributed by atoms with E-state index in [4.69, 9.17) is 0 Å². The minimum atomic E-state index is 0. The van der Waals surface area contributed by atoms with Gasteiger partial charge in [0.1, 0.15) is 0 Å². The summed E-state index contributed by atoms with van der Waals surface area (Å²) in [6, 6.07) is 19.4. The predicted molar refractivity (Wildman–Crippen MR) is 154 cm³/mol. The summed E-state index contributed by atoms with van der Waals surface area (Å²) in [6.45, 7) is 13.6. The summed E-state index contributed by atoms with van der Waals surface area (Å²) in [4.78, 5) is 0. The number of allylic oxidation sites excluding steroid dienone is 4. The predicted octanol–water partition coefficient (Wildman–Crippen LogP) is 4.11. The second-order valence-corrected chi connectivity index (χ2v) is 19.5. The molecule has 0 spiro atoms. The first kappa shape index (κ1) is 34.5. The Labute approximate surface area is 254 Å². The standard InChI is InChI=1S/C21H25.C7H14Si.C5H5.2ClH.Zr/c1-20(2,3)16-7-9-18-14(12-16)11-15-13-17(21(4,5)6)8-10-19(15)18;1-2-4-6-8-7-5-3-1;1-2-4-5-3-1;;;/h7-13H,1-6H3;1-7H2;1-3H,4H2;2*1H;/q-1;;-1;;;+2/p-2. The van der Waals surface area contributed by atoms with E-state index in [1.165, 1.54) is 51.9 Å². The molecule has 1 aliphatic carbocycles. The van der Waals surface area contributed by atoms with Gasteiger partial charge in [-0.2, -0.15) is 6.08 Å². The Morgan fingerprint density at radius 3 is 1.54 bits per heavy atom. The Kier molecular flexibility index (Phi) is 14.8. The number of halogens is 2. The van der Waals surface area contributed by atoms with E-state index in [9.17, 15) is 0 Å². The van der Waals surface area contributed by atoms with Crippen LogP contribution in [0.15, 0.2) is 60.7 Å². The van der Waals surface area contributed by atoms with E-state index in [2.05, 4.69) is 96.2 Å². The second-order valence-electron chi connectivity index (χ2n) is 12.1. The van der Waals surface area contributed by atoms with Gasteiger partial charge in [0, 0.05) is 0 Å². The summed E-state index contributed by atoms with van der Waals surface area (Å²) >= 11 is 1.88. The first-order valence-electron chi connectivity index (χ1n) is 13.5. The Hall–Kier alpha value is -0.530. The third kappa shape index (κ3) is 10.9. The molecule has 0 N–H and O–H groups in total. The summed E-state index contributed by atoms with van der Waals surface area (Å²) in [5.74, 6) is 0. The van der Waals surface area contributed by atoms with Crippen LogP contribution in [0.1, 0.15) is 91.2 Å². The third-order valence-corrected chi connectivity index (χ3v) is 12.6. The molecule has 0 unspecified atom stereocenters. The quantitative estimate of drug-likeness (QED) is 0.259. The SMILES string of the molecule is CC(C)(C)c1ccc2c(c1)[cH-]c1cc(C(C)(C)C)ccc12.[C-]1=CC=CC1.[Cl-].[Cl-].[Zr+2]=[Si]1CCCCCCC1. The molecule has 1 fully saturated rings. The van der Waals surface area contributed by atoms with E-state index in [1.54, 1.807) is 24.9 Å². The van der Waals surface area contributed by atoms with E-state index in [0.717, 1.165) is 6.42 Å². The van der Waals surface area contributed by atoms with Gasteiger partial charge in [-0.1, -0.05) is 76.9 Å². The van der Waals surface area contributed by atoms with Crippen molar-refractivity contribution in [3.05, 3.63) is 77.9 Å². The molecule has 0 aromatic heterocycles. The van der Waals surface area contributed by atoms with Gasteiger partial charge in [-0.15, -0.1) is 46.2 Å². The van der Waals surface area contributed by atoms with Crippen molar-refractivity contribution in [3.8, 4) is 0 Å².